The van der Waals surface area contributed by atoms with Crippen LogP contribution in [0, 0.1) is 0 Å². The second-order valence-electron chi connectivity index (χ2n) is 14.2. The van der Waals surface area contributed by atoms with Gasteiger partial charge in [0, 0.05) is 81.3 Å². The van der Waals surface area contributed by atoms with Crippen molar-refractivity contribution in [3.05, 3.63) is 151 Å². The molecule has 5 aromatic heterocycles. The number of anilines is 1. The Morgan fingerprint density at radius 2 is 1.30 bits per heavy atom. The van der Waals surface area contributed by atoms with Crippen molar-refractivity contribution >= 4 is 54.1 Å². The van der Waals surface area contributed by atoms with Crippen molar-refractivity contribution < 1.29 is 35.9 Å². The third-order valence-electron chi connectivity index (χ3n) is 9.70. The number of imidazole rings is 1. The zero-order chi connectivity index (χ0) is 44.1. The van der Waals surface area contributed by atoms with Crippen LogP contribution < -0.4 is 25.0 Å². The number of carbonyl (C=O) groups excluding carboxylic acids is 2. The van der Waals surface area contributed by atoms with Gasteiger partial charge in [0.25, 0.3) is 11.8 Å². The van der Waals surface area contributed by atoms with E-state index in [4.69, 9.17) is 9.47 Å². The summed E-state index contributed by atoms with van der Waals surface area (Å²) in [5.74, 6) is 1.34. The molecule has 8 aromatic rings. The monoisotopic (exact) mass is 886 g/mol. The van der Waals surface area contributed by atoms with Crippen LogP contribution in [0.5, 0.6) is 11.5 Å². The Bertz CT molecular complexity index is 3140. The summed E-state index contributed by atoms with van der Waals surface area (Å²) in [7, 11) is -3.90. The highest BCUT2D eigenvalue weighted by Gasteiger charge is 2.22. The zero-order valence-electron chi connectivity index (χ0n) is 33.7. The topological polar surface area (TPSA) is 233 Å². The Morgan fingerprint density at radius 3 is 1.95 bits per heavy atom. The zero-order valence-corrected chi connectivity index (χ0v) is 35.3. The summed E-state index contributed by atoms with van der Waals surface area (Å²) < 4.78 is 64.1. The number of hydrogen-bond donors (Lipinski definition) is 3. The van der Waals surface area contributed by atoms with E-state index in [9.17, 15) is 26.4 Å². The van der Waals surface area contributed by atoms with E-state index in [1.165, 1.54) is 55.0 Å². The largest absolute Gasteiger partial charge is 0.486 e. The highest BCUT2D eigenvalue weighted by atomic mass is 32.2. The second kappa shape index (κ2) is 17.7. The van der Waals surface area contributed by atoms with Crippen LogP contribution in [-0.2, 0) is 32.8 Å². The quantitative estimate of drug-likeness (QED) is 0.163. The number of hydrogen-bond acceptors (Lipinski definition) is 14. The number of amides is 2. The molecule has 0 atom stereocenters. The Balaban J connectivity index is 0.000000173. The Kier molecular flexibility index (Phi) is 11.8. The fourth-order valence-corrected chi connectivity index (χ4v) is 8.73. The van der Waals surface area contributed by atoms with Gasteiger partial charge in [0.2, 0.25) is 31.4 Å². The molecule has 0 radical (unpaired) electrons. The molecule has 1 aliphatic heterocycles. The summed E-state index contributed by atoms with van der Waals surface area (Å²) in [5, 5.41) is 6.47. The van der Waals surface area contributed by atoms with Crippen molar-refractivity contribution in [1.82, 2.24) is 44.9 Å². The number of rotatable bonds is 11. The van der Waals surface area contributed by atoms with Crippen molar-refractivity contribution in [2.45, 2.75) is 32.7 Å². The molecular formula is C43H38N10O8S2. The van der Waals surface area contributed by atoms with Gasteiger partial charge < -0.3 is 30.0 Å². The lowest BCUT2D eigenvalue weighted by Gasteiger charge is -2.18. The van der Waals surface area contributed by atoms with Gasteiger partial charge in [-0.1, -0.05) is 24.3 Å². The van der Waals surface area contributed by atoms with Crippen LogP contribution in [0.3, 0.4) is 0 Å². The number of fused-ring (bicyclic) bond motifs is 3. The van der Waals surface area contributed by atoms with Gasteiger partial charge in [-0.3, -0.25) is 19.0 Å². The Labute approximate surface area is 360 Å². The lowest BCUT2D eigenvalue weighted by atomic mass is 10.2. The molecule has 1 aliphatic rings. The molecule has 0 saturated heterocycles. The summed E-state index contributed by atoms with van der Waals surface area (Å²) in [6.07, 6.45) is 12.3. The van der Waals surface area contributed by atoms with Gasteiger partial charge in [-0.25, -0.2) is 36.8 Å². The SMILES string of the molecule is CN(C)c1ncc(S(=O)(=O)c2ccc(CNC(=O)c3cc4cnccc4[nH]3)cc2)cn1.O=C(NCc1ccc(S(=O)(=O)c2ccc3c(c2)OCCO3)cc1)c1cnc2nccn2c1. The molecular weight excluding hydrogens is 849 g/mol. The van der Waals surface area contributed by atoms with Gasteiger partial charge >= 0.3 is 0 Å². The van der Waals surface area contributed by atoms with E-state index in [-0.39, 0.29) is 44.5 Å². The van der Waals surface area contributed by atoms with Gasteiger partial charge in [0.15, 0.2) is 11.5 Å². The lowest BCUT2D eigenvalue weighted by Crippen LogP contribution is -2.23. The molecule has 0 aliphatic carbocycles. The number of aromatic nitrogens is 7. The second-order valence-corrected chi connectivity index (χ2v) is 18.1. The molecule has 0 saturated carbocycles. The van der Waals surface area contributed by atoms with Crippen LogP contribution >= 0.6 is 0 Å². The molecule has 0 unspecified atom stereocenters. The third kappa shape index (κ3) is 9.31. The first-order chi connectivity index (χ1) is 30.3. The van der Waals surface area contributed by atoms with E-state index in [2.05, 4.69) is 40.5 Å². The number of aromatic amines is 1. The molecule has 6 heterocycles. The first kappa shape index (κ1) is 42.0. The van der Waals surface area contributed by atoms with Crippen molar-refractivity contribution in [1.29, 1.82) is 0 Å². The highest BCUT2D eigenvalue weighted by molar-refractivity contribution is 7.91. The first-order valence-electron chi connectivity index (χ1n) is 19.2. The van der Waals surface area contributed by atoms with Crippen molar-refractivity contribution in [3.8, 4) is 11.5 Å². The predicted molar refractivity (Wildman–Crippen MR) is 229 cm³/mol. The average Bonchev–Trinajstić information content (AvgIpc) is 3.98. The molecule has 0 bridgehead atoms. The normalized spacial score (nSPS) is 12.3. The van der Waals surface area contributed by atoms with Gasteiger partial charge in [-0.2, -0.15) is 0 Å². The van der Waals surface area contributed by atoms with E-state index in [1.807, 2.05) is 0 Å². The molecule has 2 amide bonds. The van der Waals surface area contributed by atoms with Gasteiger partial charge in [0.1, 0.15) is 23.8 Å². The number of ether oxygens (including phenoxy) is 2. The van der Waals surface area contributed by atoms with Gasteiger partial charge in [-0.15, -0.1) is 0 Å². The molecule has 63 heavy (non-hydrogen) atoms. The number of nitrogens with one attached hydrogen (secondary N) is 3. The number of H-pyrrole nitrogens is 1. The van der Waals surface area contributed by atoms with Crippen LogP contribution in [0.25, 0.3) is 16.7 Å². The minimum atomic E-state index is -3.73. The van der Waals surface area contributed by atoms with Crippen LogP contribution in [0.2, 0.25) is 0 Å². The van der Waals surface area contributed by atoms with Crippen molar-refractivity contribution in [3.63, 3.8) is 0 Å². The minimum absolute atomic E-state index is 0.0208. The van der Waals surface area contributed by atoms with E-state index in [0.717, 1.165) is 22.0 Å². The molecule has 0 fully saturated rings. The fraction of sp³-hybridized carbons (Fsp3) is 0.140. The number of carbonyl (C=O) groups is 2. The standard InChI is InChI=1S/C22H18N4O5S.C21H20N6O3S/c27-21(16-13-25-22-23-7-8-26(22)14-16)24-12-15-1-3-17(4-2-15)32(28,29)18-5-6-19-20(11-18)31-10-9-30-19;1-27(2)21-24-12-17(13-25-21)31(29,30)16-5-3-14(4-6-16)10-23-20(28)19-9-15-11-22-8-7-18(15)26-19/h1-8,11,13-14H,9-10,12H2,(H,24,27);3-9,11-13,26H,10H2,1-2H3,(H,23,28). The van der Waals surface area contributed by atoms with E-state index >= 15 is 0 Å². The summed E-state index contributed by atoms with van der Waals surface area (Å²) >= 11 is 0. The van der Waals surface area contributed by atoms with E-state index < -0.39 is 19.7 Å². The summed E-state index contributed by atoms with van der Waals surface area (Å²) in [6.45, 7) is 1.31. The van der Waals surface area contributed by atoms with Gasteiger partial charge in [0.05, 0.1) is 32.6 Å². The third-order valence-corrected chi connectivity index (χ3v) is 13.2. The van der Waals surface area contributed by atoms with Crippen molar-refractivity contribution in [2.24, 2.45) is 0 Å². The lowest BCUT2D eigenvalue weighted by molar-refractivity contribution is 0.0940. The number of nitrogens with zero attached hydrogens (tertiary/aromatic N) is 7. The Hall–Kier alpha value is -7.71. The van der Waals surface area contributed by atoms with Crippen LogP contribution in [0.4, 0.5) is 5.95 Å². The maximum atomic E-state index is 13.0. The predicted octanol–water partition coefficient (Wildman–Crippen LogP) is 4.45. The maximum absolute atomic E-state index is 13.0. The molecule has 3 N–H and O–H groups in total. The van der Waals surface area contributed by atoms with Crippen LogP contribution in [0.1, 0.15) is 32.0 Å². The summed E-state index contributed by atoms with van der Waals surface area (Å²) in [5.41, 5.74) is 3.19. The highest BCUT2D eigenvalue weighted by Crippen LogP contribution is 2.34. The Morgan fingerprint density at radius 1 is 0.683 bits per heavy atom. The molecule has 20 heteroatoms. The van der Waals surface area contributed by atoms with Crippen LogP contribution in [-0.4, -0.2) is 90.3 Å². The number of benzene rings is 3. The smallest absolute Gasteiger partial charge is 0.267 e. The first-order valence-corrected chi connectivity index (χ1v) is 22.2. The molecule has 320 valence electrons. The minimum Gasteiger partial charge on any atom is -0.486 e. The fourth-order valence-electron chi connectivity index (χ4n) is 6.31. The number of sulfone groups is 2. The molecule has 3 aromatic carbocycles. The van der Waals surface area contributed by atoms with E-state index in [0.29, 0.717) is 47.7 Å². The molecule has 18 nitrogen and oxygen atoms in total. The summed E-state index contributed by atoms with van der Waals surface area (Å²) in [4.78, 5) is 50.3. The number of pyridine rings is 1. The van der Waals surface area contributed by atoms with Crippen LogP contribution in [0.15, 0.2) is 148 Å². The van der Waals surface area contributed by atoms with Gasteiger partial charge in [-0.05, 0) is 59.7 Å². The molecule has 9 rings (SSSR count). The maximum Gasteiger partial charge on any atom is 0.267 e. The van der Waals surface area contributed by atoms with Crippen molar-refractivity contribution in [2.75, 3.05) is 32.2 Å². The summed E-state index contributed by atoms with van der Waals surface area (Å²) in [6, 6.07) is 20.8. The average molecular weight is 887 g/mol. The molecule has 0 spiro atoms. The van der Waals surface area contributed by atoms with E-state index in [1.54, 1.807) is 96.8 Å².